The van der Waals surface area contributed by atoms with Gasteiger partial charge in [-0.05, 0) is 12.1 Å². The van der Waals surface area contributed by atoms with Gasteiger partial charge in [0.25, 0.3) is 0 Å². The molecular formula is C9H5AgN3OS. The predicted octanol–water partition coefficient (Wildman–Crippen LogP) is 2.00. The summed E-state index contributed by atoms with van der Waals surface area (Å²) in [5.41, 5.74) is 0.759. The van der Waals surface area contributed by atoms with E-state index in [0.717, 1.165) is 10.2 Å². The second-order valence-electron chi connectivity index (χ2n) is 2.55. The van der Waals surface area contributed by atoms with Crippen molar-refractivity contribution in [2.24, 2.45) is 5.16 Å². The van der Waals surface area contributed by atoms with E-state index in [1.807, 2.05) is 24.3 Å². The first-order valence-corrected chi connectivity index (χ1v) is 4.65. The molecule has 1 radical (unpaired) electrons. The minimum atomic E-state index is -0.0498. The van der Waals surface area contributed by atoms with Crippen LogP contribution in [-0.2, 0) is 22.4 Å². The van der Waals surface area contributed by atoms with Crippen molar-refractivity contribution in [3.63, 3.8) is 0 Å². The molecule has 1 aromatic heterocycles. The number of hydrogen-bond acceptors (Lipinski definition) is 5. The van der Waals surface area contributed by atoms with Gasteiger partial charge in [-0.3, -0.25) is 0 Å². The second-order valence-corrected chi connectivity index (χ2v) is 3.58. The van der Waals surface area contributed by atoms with Gasteiger partial charge in [-0.15, -0.1) is 11.3 Å². The number of benzene rings is 1. The van der Waals surface area contributed by atoms with E-state index in [1.54, 1.807) is 6.07 Å². The molecule has 1 heterocycles. The summed E-state index contributed by atoms with van der Waals surface area (Å²) in [6, 6.07) is 9.30. The van der Waals surface area contributed by atoms with E-state index in [4.69, 9.17) is 10.5 Å². The first-order chi connectivity index (χ1) is 6.85. The molecule has 6 heteroatoms. The quantitative estimate of drug-likeness (QED) is 0.379. The van der Waals surface area contributed by atoms with Crippen LogP contribution in [0.15, 0.2) is 29.4 Å². The van der Waals surface area contributed by atoms with Crippen molar-refractivity contribution in [2.75, 3.05) is 0 Å². The third-order valence-corrected chi connectivity index (χ3v) is 2.75. The molecule has 0 atom stereocenters. The van der Waals surface area contributed by atoms with Crippen LogP contribution in [0.1, 0.15) is 5.01 Å². The summed E-state index contributed by atoms with van der Waals surface area (Å²) in [5.74, 6) is 0. The van der Waals surface area contributed by atoms with Crippen molar-refractivity contribution >= 4 is 27.3 Å². The number of nitriles is 1. The van der Waals surface area contributed by atoms with E-state index in [0.29, 0.717) is 5.01 Å². The number of para-hydroxylation sites is 1. The topological polar surface area (TPSA) is 69.3 Å². The van der Waals surface area contributed by atoms with Crippen LogP contribution in [0.5, 0.6) is 0 Å². The largest absolute Gasteiger partial charge is 0.410 e. The minimum absolute atomic E-state index is 0. The first-order valence-electron chi connectivity index (χ1n) is 3.83. The fourth-order valence-electron chi connectivity index (χ4n) is 1.09. The fourth-order valence-corrected chi connectivity index (χ4v) is 1.99. The molecular weight excluding hydrogens is 306 g/mol. The van der Waals surface area contributed by atoms with Crippen LogP contribution >= 0.6 is 11.3 Å². The molecule has 15 heavy (non-hydrogen) atoms. The van der Waals surface area contributed by atoms with Crippen molar-refractivity contribution in [1.82, 2.24) is 4.98 Å². The van der Waals surface area contributed by atoms with Gasteiger partial charge in [0.05, 0.1) is 10.2 Å². The summed E-state index contributed by atoms with van der Waals surface area (Å²) in [7, 11) is 0. The number of hydrogen-bond donors (Lipinski definition) is 1. The Bertz CT molecular complexity index is 511. The Morgan fingerprint density at radius 2 is 2.20 bits per heavy atom. The zero-order chi connectivity index (χ0) is 9.97. The van der Waals surface area contributed by atoms with Crippen molar-refractivity contribution in [1.29, 1.82) is 5.26 Å². The SMILES string of the molecule is N#C/C(=N\O)c1nc2ccccc2s1.[Ag]. The summed E-state index contributed by atoms with van der Waals surface area (Å²) >= 11 is 1.33. The van der Waals surface area contributed by atoms with E-state index in [2.05, 4.69) is 10.1 Å². The van der Waals surface area contributed by atoms with Crippen molar-refractivity contribution in [3.8, 4) is 6.07 Å². The number of aromatic nitrogens is 1. The van der Waals surface area contributed by atoms with Crippen LogP contribution in [0.4, 0.5) is 0 Å². The molecule has 0 unspecified atom stereocenters. The average Bonchev–Trinajstić information content (AvgIpc) is 2.63. The van der Waals surface area contributed by atoms with Crippen LogP contribution in [0, 0.1) is 11.3 Å². The molecule has 0 bridgehead atoms. The summed E-state index contributed by atoms with van der Waals surface area (Å²) < 4.78 is 0.971. The maximum absolute atomic E-state index is 8.63. The summed E-state index contributed by atoms with van der Waals surface area (Å²) in [6.07, 6.45) is 0. The molecule has 0 saturated heterocycles. The van der Waals surface area contributed by atoms with Crippen LogP contribution in [0.25, 0.3) is 10.2 Å². The molecule has 1 aromatic carbocycles. The number of fused-ring (bicyclic) bond motifs is 1. The number of oxime groups is 1. The molecule has 1 N–H and O–H groups in total. The van der Waals surface area contributed by atoms with Crippen LogP contribution in [0.3, 0.4) is 0 Å². The molecule has 0 aliphatic rings. The number of rotatable bonds is 1. The van der Waals surface area contributed by atoms with Crippen molar-refractivity contribution < 1.29 is 27.6 Å². The minimum Gasteiger partial charge on any atom is -0.410 e. The zero-order valence-electron chi connectivity index (χ0n) is 7.31. The third-order valence-electron chi connectivity index (χ3n) is 1.70. The summed E-state index contributed by atoms with van der Waals surface area (Å²) in [6.45, 7) is 0. The molecule has 0 spiro atoms. The Kier molecular flexibility index (Phi) is 4.00. The Morgan fingerprint density at radius 3 is 2.80 bits per heavy atom. The van der Waals surface area contributed by atoms with Gasteiger partial charge in [0, 0.05) is 22.4 Å². The summed E-state index contributed by atoms with van der Waals surface area (Å²) in [4.78, 5) is 4.16. The van der Waals surface area contributed by atoms with Crippen LogP contribution in [0.2, 0.25) is 0 Å². The van der Waals surface area contributed by atoms with Gasteiger partial charge in [-0.1, -0.05) is 17.3 Å². The molecule has 0 saturated carbocycles. The van der Waals surface area contributed by atoms with Crippen LogP contribution in [-0.4, -0.2) is 15.9 Å². The Hall–Kier alpha value is -1.19. The van der Waals surface area contributed by atoms with E-state index < -0.39 is 0 Å². The first kappa shape index (κ1) is 11.9. The monoisotopic (exact) mass is 310 g/mol. The Morgan fingerprint density at radius 1 is 1.47 bits per heavy atom. The second kappa shape index (κ2) is 5.05. The van der Waals surface area contributed by atoms with Gasteiger partial charge >= 0.3 is 0 Å². The molecule has 0 aliphatic carbocycles. The van der Waals surface area contributed by atoms with Crippen molar-refractivity contribution in [3.05, 3.63) is 29.3 Å². The predicted molar refractivity (Wildman–Crippen MR) is 53.6 cm³/mol. The zero-order valence-corrected chi connectivity index (χ0v) is 9.61. The molecule has 79 valence electrons. The summed E-state index contributed by atoms with van der Waals surface area (Å²) in [5, 5.41) is 20.5. The van der Waals surface area contributed by atoms with Crippen molar-refractivity contribution in [2.45, 2.75) is 0 Å². The van der Waals surface area contributed by atoms with Gasteiger partial charge in [0.1, 0.15) is 6.07 Å². The van der Waals surface area contributed by atoms with E-state index in [1.165, 1.54) is 11.3 Å². The normalized spacial score (nSPS) is 10.7. The Labute approximate surface area is 105 Å². The molecule has 4 nitrogen and oxygen atoms in total. The van der Waals surface area contributed by atoms with Gasteiger partial charge in [0.2, 0.25) is 5.71 Å². The third kappa shape index (κ3) is 2.25. The van der Waals surface area contributed by atoms with E-state index in [-0.39, 0.29) is 28.1 Å². The smallest absolute Gasteiger partial charge is 0.215 e. The molecule has 2 rings (SSSR count). The maximum Gasteiger partial charge on any atom is 0.215 e. The van der Waals surface area contributed by atoms with Gasteiger partial charge in [0.15, 0.2) is 5.01 Å². The number of nitrogens with zero attached hydrogens (tertiary/aromatic N) is 3. The fraction of sp³-hybridized carbons (Fsp3) is 0. The maximum atomic E-state index is 8.63. The number of thiazole rings is 1. The van der Waals surface area contributed by atoms with E-state index >= 15 is 0 Å². The van der Waals surface area contributed by atoms with Crippen LogP contribution < -0.4 is 0 Å². The molecule has 0 aliphatic heterocycles. The molecule has 2 aromatic rings. The average molecular weight is 311 g/mol. The standard InChI is InChI=1S/C9H5N3OS.Ag/c10-5-7(12-13)9-11-6-3-1-2-4-8(6)14-9;/h1-4,13H;/b12-7+;. The van der Waals surface area contributed by atoms with Gasteiger partial charge in [-0.25, -0.2) is 4.98 Å². The molecule has 0 fully saturated rings. The van der Waals surface area contributed by atoms with Gasteiger partial charge in [-0.2, -0.15) is 5.26 Å². The van der Waals surface area contributed by atoms with Gasteiger partial charge < -0.3 is 5.21 Å². The molecule has 0 amide bonds. The Balaban J connectivity index is 0.00000112. The van der Waals surface area contributed by atoms with E-state index in [9.17, 15) is 0 Å².